The van der Waals surface area contributed by atoms with Crippen molar-refractivity contribution in [2.75, 3.05) is 0 Å². The van der Waals surface area contributed by atoms with Gasteiger partial charge in [0.1, 0.15) is 0 Å². The van der Waals surface area contributed by atoms with Crippen LogP contribution in [0.25, 0.3) is 5.57 Å². The summed E-state index contributed by atoms with van der Waals surface area (Å²) in [6.07, 6.45) is 13.7. The largest absolute Gasteiger partial charge is 0.264 e. The van der Waals surface area contributed by atoms with Crippen molar-refractivity contribution in [2.24, 2.45) is 28.6 Å². The summed E-state index contributed by atoms with van der Waals surface area (Å²) >= 11 is 0. The minimum Gasteiger partial charge on any atom is -0.264 e. The van der Waals surface area contributed by atoms with Gasteiger partial charge in [-0.1, -0.05) is 37.6 Å². The second kappa shape index (κ2) is 5.75. The standard InChI is InChI=1S/C24H29F2N/c1-22-11-12-24(25,26)14-17(22)5-6-18-20-8-7-19(16-4-3-13-27-15-16)23(20,2)10-9-21(18)22/h3-4,7-8,13,15,17-18,21H,5-6,9-12,14H2,1-2H3. The van der Waals surface area contributed by atoms with Crippen molar-refractivity contribution < 1.29 is 8.78 Å². The predicted octanol–water partition coefficient (Wildman–Crippen LogP) is 6.67. The van der Waals surface area contributed by atoms with Crippen molar-refractivity contribution in [1.29, 1.82) is 0 Å². The van der Waals surface area contributed by atoms with E-state index in [4.69, 9.17) is 0 Å². The third-order valence-electron chi connectivity index (χ3n) is 8.65. The molecule has 1 aromatic heterocycles. The third kappa shape index (κ3) is 2.49. The number of alkyl halides is 2. The highest BCUT2D eigenvalue weighted by molar-refractivity contribution is 5.78. The molecule has 0 aliphatic heterocycles. The van der Waals surface area contributed by atoms with Gasteiger partial charge in [0, 0.05) is 30.7 Å². The van der Waals surface area contributed by atoms with E-state index in [1.54, 1.807) is 5.57 Å². The van der Waals surface area contributed by atoms with Crippen molar-refractivity contribution in [2.45, 2.75) is 64.7 Å². The van der Waals surface area contributed by atoms with Crippen LogP contribution in [0, 0.1) is 28.6 Å². The molecule has 27 heavy (non-hydrogen) atoms. The molecule has 0 spiro atoms. The lowest BCUT2D eigenvalue weighted by atomic mass is 9.46. The summed E-state index contributed by atoms with van der Waals surface area (Å²) in [5, 5.41) is 0. The first kappa shape index (κ1) is 17.6. The Morgan fingerprint density at radius 2 is 1.89 bits per heavy atom. The highest BCUT2D eigenvalue weighted by Gasteiger charge is 2.58. The Morgan fingerprint density at radius 1 is 1.04 bits per heavy atom. The lowest BCUT2D eigenvalue weighted by Crippen LogP contribution is -2.52. The topological polar surface area (TPSA) is 12.9 Å². The highest BCUT2D eigenvalue weighted by Crippen LogP contribution is 2.67. The molecular formula is C24H29F2N. The van der Waals surface area contributed by atoms with E-state index in [0.29, 0.717) is 18.3 Å². The number of allylic oxidation sites excluding steroid dienone is 4. The number of rotatable bonds is 1. The quantitative estimate of drug-likeness (QED) is 0.538. The molecule has 0 amide bonds. The van der Waals surface area contributed by atoms with E-state index in [2.05, 4.69) is 37.0 Å². The van der Waals surface area contributed by atoms with Gasteiger partial charge in [0.05, 0.1) is 0 Å². The number of fused-ring (bicyclic) bond motifs is 5. The molecule has 4 aliphatic rings. The minimum absolute atomic E-state index is 0.0821. The average Bonchev–Trinajstić information content (AvgIpc) is 3.00. The van der Waals surface area contributed by atoms with Crippen LogP contribution in [0.2, 0.25) is 0 Å². The molecule has 144 valence electrons. The first-order valence-electron chi connectivity index (χ1n) is 10.5. The summed E-state index contributed by atoms with van der Waals surface area (Å²) in [7, 11) is 0. The fourth-order valence-electron chi connectivity index (χ4n) is 7.11. The summed E-state index contributed by atoms with van der Waals surface area (Å²) in [5.41, 5.74) is 4.36. The number of nitrogens with zero attached hydrogens (tertiary/aromatic N) is 1. The monoisotopic (exact) mass is 369 g/mol. The van der Waals surface area contributed by atoms with Gasteiger partial charge < -0.3 is 0 Å². The molecule has 1 nitrogen and oxygen atoms in total. The van der Waals surface area contributed by atoms with E-state index >= 15 is 0 Å². The molecule has 0 bridgehead atoms. The SMILES string of the molecule is CC12CCC3C(CCC4CC(F)(F)CCC43C)C1=CC=C2c1cccnc1. The number of aromatic nitrogens is 1. The average molecular weight is 369 g/mol. The molecule has 0 aromatic carbocycles. The van der Waals surface area contributed by atoms with Gasteiger partial charge in [-0.2, -0.15) is 0 Å². The van der Waals surface area contributed by atoms with E-state index < -0.39 is 5.92 Å². The van der Waals surface area contributed by atoms with E-state index in [1.807, 2.05) is 18.5 Å². The smallest absolute Gasteiger partial charge is 0.248 e. The van der Waals surface area contributed by atoms with Crippen LogP contribution in [0.3, 0.4) is 0 Å². The van der Waals surface area contributed by atoms with E-state index in [0.717, 1.165) is 25.7 Å². The Bertz CT molecular complexity index is 811. The van der Waals surface area contributed by atoms with Gasteiger partial charge in [-0.3, -0.25) is 4.98 Å². The molecule has 5 unspecified atom stereocenters. The zero-order valence-electron chi connectivity index (χ0n) is 16.3. The summed E-state index contributed by atoms with van der Waals surface area (Å²) in [6.45, 7) is 4.72. The maximum absolute atomic E-state index is 14.1. The van der Waals surface area contributed by atoms with Crippen molar-refractivity contribution in [3.05, 3.63) is 47.8 Å². The number of halogens is 2. The fraction of sp³-hybridized carbons (Fsp3) is 0.625. The molecule has 3 heteroatoms. The van der Waals surface area contributed by atoms with E-state index in [9.17, 15) is 8.78 Å². The molecule has 1 aromatic rings. The van der Waals surface area contributed by atoms with Gasteiger partial charge in [0.15, 0.2) is 0 Å². The molecule has 5 rings (SSSR count). The molecule has 0 N–H and O–H groups in total. The van der Waals surface area contributed by atoms with Crippen molar-refractivity contribution >= 4 is 5.57 Å². The molecule has 4 aliphatic carbocycles. The third-order valence-corrected chi connectivity index (χ3v) is 8.65. The van der Waals surface area contributed by atoms with Crippen molar-refractivity contribution in [3.63, 3.8) is 0 Å². The number of pyridine rings is 1. The lowest BCUT2D eigenvalue weighted by Gasteiger charge is -2.59. The second-order valence-corrected chi connectivity index (χ2v) is 9.87. The lowest BCUT2D eigenvalue weighted by molar-refractivity contribution is -0.139. The maximum Gasteiger partial charge on any atom is 0.248 e. The Labute approximate surface area is 161 Å². The van der Waals surface area contributed by atoms with Crippen LogP contribution in [0.1, 0.15) is 64.4 Å². The summed E-state index contributed by atoms with van der Waals surface area (Å²) < 4.78 is 28.1. The van der Waals surface area contributed by atoms with Gasteiger partial charge in [-0.05, 0) is 72.5 Å². The van der Waals surface area contributed by atoms with Gasteiger partial charge in [-0.25, -0.2) is 8.78 Å². The van der Waals surface area contributed by atoms with Crippen LogP contribution >= 0.6 is 0 Å². The highest BCUT2D eigenvalue weighted by atomic mass is 19.3. The first-order valence-corrected chi connectivity index (χ1v) is 10.5. The molecule has 3 saturated carbocycles. The molecule has 5 atom stereocenters. The molecular weight excluding hydrogens is 340 g/mol. The van der Waals surface area contributed by atoms with Crippen LogP contribution in [0.4, 0.5) is 8.78 Å². The van der Waals surface area contributed by atoms with Crippen LogP contribution in [0.5, 0.6) is 0 Å². The number of hydrogen-bond acceptors (Lipinski definition) is 1. The predicted molar refractivity (Wildman–Crippen MR) is 104 cm³/mol. The normalized spacial score (nSPS) is 42.4. The van der Waals surface area contributed by atoms with E-state index in [1.165, 1.54) is 11.1 Å². The Hall–Kier alpha value is -1.51. The maximum atomic E-state index is 14.1. The zero-order chi connectivity index (χ0) is 18.9. The van der Waals surface area contributed by atoms with Gasteiger partial charge in [0.25, 0.3) is 0 Å². The molecule has 0 radical (unpaired) electrons. The van der Waals surface area contributed by atoms with Crippen molar-refractivity contribution in [3.8, 4) is 0 Å². The van der Waals surface area contributed by atoms with Gasteiger partial charge in [-0.15, -0.1) is 0 Å². The Morgan fingerprint density at radius 3 is 2.67 bits per heavy atom. The van der Waals surface area contributed by atoms with Gasteiger partial charge in [0.2, 0.25) is 5.92 Å². The van der Waals surface area contributed by atoms with E-state index in [-0.39, 0.29) is 29.6 Å². The zero-order valence-corrected chi connectivity index (χ0v) is 16.3. The van der Waals surface area contributed by atoms with Crippen LogP contribution in [0.15, 0.2) is 42.3 Å². The van der Waals surface area contributed by atoms with Crippen molar-refractivity contribution in [1.82, 2.24) is 4.98 Å². The molecule has 1 heterocycles. The summed E-state index contributed by atoms with van der Waals surface area (Å²) in [5.74, 6) is -1.13. The Balaban J connectivity index is 1.45. The molecule has 3 fully saturated rings. The van der Waals surface area contributed by atoms with Crippen LogP contribution < -0.4 is 0 Å². The van der Waals surface area contributed by atoms with Gasteiger partial charge >= 0.3 is 0 Å². The van der Waals surface area contributed by atoms with Crippen LogP contribution in [-0.2, 0) is 0 Å². The minimum atomic E-state index is -2.44. The number of hydrogen-bond donors (Lipinski definition) is 0. The summed E-state index contributed by atoms with van der Waals surface area (Å²) in [6, 6.07) is 4.17. The first-order chi connectivity index (χ1) is 12.8. The molecule has 0 saturated heterocycles. The second-order valence-electron chi connectivity index (χ2n) is 9.87. The van der Waals surface area contributed by atoms with Crippen LogP contribution in [-0.4, -0.2) is 10.9 Å². The Kier molecular flexibility index (Phi) is 3.74. The summed E-state index contributed by atoms with van der Waals surface area (Å²) in [4.78, 5) is 4.32. The fourth-order valence-corrected chi connectivity index (χ4v) is 7.11.